The van der Waals surface area contributed by atoms with E-state index in [1.165, 1.54) is 11.8 Å². The molecule has 1 aliphatic rings. The standard InChI is InChI=1S/C4H8O2S2/c5-1-4-7-2-3(6)8-4/h3-6H,1-2H2. The molecule has 0 aromatic rings. The van der Waals surface area contributed by atoms with Gasteiger partial charge in [-0.3, -0.25) is 0 Å². The zero-order chi connectivity index (χ0) is 5.98. The predicted octanol–water partition coefficient (Wildman–Crippen LogP) is 0.103. The normalized spacial score (nSPS) is 38.2. The van der Waals surface area contributed by atoms with Crippen LogP contribution in [0.25, 0.3) is 0 Å². The van der Waals surface area contributed by atoms with E-state index in [0.29, 0.717) is 0 Å². The summed E-state index contributed by atoms with van der Waals surface area (Å²) in [7, 11) is 0. The molecule has 1 saturated heterocycles. The smallest absolute Gasteiger partial charge is 0.109 e. The van der Waals surface area contributed by atoms with Crippen LogP contribution in [-0.4, -0.2) is 32.6 Å². The van der Waals surface area contributed by atoms with Crippen molar-refractivity contribution in [2.24, 2.45) is 0 Å². The zero-order valence-electron chi connectivity index (χ0n) is 4.28. The lowest BCUT2D eigenvalue weighted by Gasteiger charge is -1.99. The maximum atomic E-state index is 8.86. The molecule has 4 heteroatoms. The first kappa shape index (κ1) is 6.74. The predicted molar refractivity (Wildman–Crippen MR) is 36.9 cm³/mol. The average Bonchev–Trinajstić information content (AvgIpc) is 2.14. The highest BCUT2D eigenvalue weighted by molar-refractivity contribution is 8.20. The van der Waals surface area contributed by atoms with Crippen molar-refractivity contribution in [3.63, 3.8) is 0 Å². The molecule has 0 saturated carbocycles. The molecular formula is C4H8O2S2. The van der Waals surface area contributed by atoms with Gasteiger partial charge in [-0.05, 0) is 0 Å². The van der Waals surface area contributed by atoms with Gasteiger partial charge in [0.25, 0.3) is 0 Å². The van der Waals surface area contributed by atoms with Gasteiger partial charge in [-0.25, -0.2) is 0 Å². The third-order valence-corrected chi connectivity index (χ3v) is 3.80. The summed E-state index contributed by atoms with van der Waals surface area (Å²) in [5.41, 5.74) is -0.253. The summed E-state index contributed by atoms with van der Waals surface area (Å²) in [6.07, 6.45) is 0. The summed E-state index contributed by atoms with van der Waals surface area (Å²) in [5.74, 6) is 0.760. The maximum Gasteiger partial charge on any atom is 0.109 e. The van der Waals surface area contributed by atoms with E-state index in [9.17, 15) is 0 Å². The van der Waals surface area contributed by atoms with E-state index in [1.807, 2.05) is 0 Å². The van der Waals surface area contributed by atoms with E-state index in [2.05, 4.69) is 0 Å². The van der Waals surface area contributed by atoms with Crippen molar-refractivity contribution in [1.29, 1.82) is 0 Å². The fourth-order valence-electron chi connectivity index (χ4n) is 0.539. The minimum absolute atomic E-state index is 0.173. The Balaban J connectivity index is 2.22. The Bertz CT molecular complexity index is 78.4. The van der Waals surface area contributed by atoms with Crippen molar-refractivity contribution in [2.45, 2.75) is 10.0 Å². The molecule has 2 N–H and O–H groups in total. The Morgan fingerprint density at radius 3 is 2.62 bits per heavy atom. The average molecular weight is 152 g/mol. The van der Waals surface area contributed by atoms with E-state index in [1.54, 1.807) is 11.8 Å². The van der Waals surface area contributed by atoms with Crippen LogP contribution in [0, 0.1) is 0 Å². The van der Waals surface area contributed by atoms with Gasteiger partial charge in [0, 0.05) is 5.75 Å². The first-order chi connectivity index (χ1) is 3.83. The largest absolute Gasteiger partial charge is 0.394 e. The molecule has 0 aliphatic carbocycles. The molecule has 1 fully saturated rings. The van der Waals surface area contributed by atoms with Crippen molar-refractivity contribution in [2.75, 3.05) is 12.4 Å². The molecule has 0 amide bonds. The SMILES string of the molecule is OCC1SCC(O)S1. The molecule has 0 aromatic heterocycles. The first-order valence-corrected chi connectivity index (χ1v) is 4.38. The minimum Gasteiger partial charge on any atom is -0.394 e. The zero-order valence-corrected chi connectivity index (χ0v) is 5.91. The van der Waals surface area contributed by atoms with Crippen molar-refractivity contribution in [1.82, 2.24) is 0 Å². The first-order valence-electron chi connectivity index (χ1n) is 2.39. The van der Waals surface area contributed by atoms with Gasteiger partial charge < -0.3 is 10.2 Å². The van der Waals surface area contributed by atoms with Gasteiger partial charge in [-0.2, -0.15) is 0 Å². The van der Waals surface area contributed by atoms with E-state index < -0.39 is 0 Å². The van der Waals surface area contributed by atoms with E-state index in [-0.39, 0.29) is 16.6 Å². The van der Waals surface area contributed by atoms with Gasteiger partial charge in [0.2, 0.25) is 0 Å². The topological polar surface area (TPSA) is 40.5 Å². The van der Waals surface area contributed by atoms with Gasteiger partial charge in [0.1, 0.15) is 5.44 Å². The van der Waals surface area contributed by atoms with Crippen molar-refractivity contribution >= 4 is 23.5 Å². The Labute approximate surface area is 56.7 Å². The quantitative estimate of drug-likeness (QED) is 0.559. The molecule has 1 aliphatic heterocycles. The van der Waals surface area contributed by atoms with Crippen molar-refractivity contribution < 1.29 is 10.2 Å². The van der Waals surface area contributed by atoms with Crippen LogP contribution in [0.3, 0.4) is 0 Å². The van der Waals surface area contributed by atoms with Crippen molar-refractivity contribution in [3.8, 4) is 0 Å². The molecule has 1 heterocycles. The van der Waals surface area contributed by atoms with Crippen LogP contribution in [-0.2, 0) is 0 Å². The second-order valence-corrected chi connectivity index (χ2v) is 4.46. The van der Waals surface area contributed by atoms with E-state index in [4.69, 9.17) is 10.2 Å². The molecule has 0 bridgehead atoms. The van der Waals surface area contributed by atoms with E-state index in [0.717, 1.165) is 5.75 Å². The minimum atomic E-state index is -0.253. The van der Waals surface area contributed by atoms with Crippen LogP contribution in [0.1, 0.15) is 0 Å². The number of rotatable bonds is 1. The third-order valence-electron chi connectivity index (χ3n) is 0.883. The summed E-state index contributed by atoms with van der Waals surface area (Å²) in [5, 5.41) is 17.4. The summed E-state index contributed by atoms with van der Waals surface area (Å²) in [4.78, 5) is 0. The van der Waals surface area contributed by atoms with Crippen LogP contribution in [0.15, 0.2) is 0 Å². The molecule has 48 valence electrons. The highest BCUT2D eigenvalue weighted by Gasteiger charge is 2.22. The summed E-state index contributed by atoms with van der Waals surface area (Å²) in [6.45, 7) is 0.173. The lowest BCUT2D eigenvalue weighted by Crippen LogP contribution is -1.99. The second-order valence-electron chi connectivity index (χ2n) is 1.54. The maximum absolute atomic E-state index is 8.86. The number of hydrogen-bond acceptors (Lipinski definition) is 4. The Morgan fingerprint density at radius 2 is 2.38 bits per heavy atom. The molecule has 0 spiro atoms. The van der Waals surface area contributed by atoms with Gasteiger partial charge >= 0.3 is 0 Å². The highest BCUT2D eigenvalue weighted by atomic mass is 32.2. The molecule has 0 radical (unpaired) electrons. The van der Waals surface area contributed by atoms with Crippen LogP contribution in [0.4, 0.5) is 0 Å². The molecule has 2 unspecified atom stereocenters. The van der Waals surface area contributed by atoms with Gasteiger partial charge in [-0.1, -0.05) is 0 Å². The Morgan fingerprint density at radius 1 is 1.62 bits per heavy atom. The molecular weight excluding hydrogens is 144 g/mol. The van der Waals surface area contributed by atoms with Gasteiger partial charge in [0.15, 0.2) is 0 Å². The molecule has 8 heavy (non-hydrogen) atoms. The lowest BCUT2D eigenvalue weighted by molar-refractivity contribution is 0.288. The summed E-state index contributed by atoms with van der Waals surface area (Å²) in [6, 6.07) is 0. The number of aliphatic hydroxyl groups is 2. The molecule has 2 atom stereocenters. The molecule has 1 rings (SSSR count). The molecule has 2 nitrogen and oxygen atoms in total. The van der Waals surface area contributed by atoms with Gasteiger partial charge in [0.05, 0.1) is 11.2 Å². The fraction of sp³-hybridized carbons (Fsp3) is 1.00. The van der Waals surface area contributed by atoms with Crippen LogP contribution >= 0.6 is 23.5 Å². The number of aliphatic hydroxyl groups excluding tert-OH is 2. The third kappa shape index (κ3) is 1.55. The summed E-state index contributed by atoms with van der Waals surface area (Å²) >= 11 is 3.05. The molecule has 0 aromatic carbocycles. The second kappa shape index (κ2) is 2.96. The lowest BCUT2D eigenvalue weighted by atomic mass is 10.9. The Kier molecular flexibility index (Phi) is 2.49. The van der Waals surface area contributed by atoms with E-state index >= 15 is 0 Å². The number of thioether (sulfide) groups is 2. The van der Waals surface area contributed by atoms with Crippen molar-refractivity contribution in [3.05, 3.63) is 0 Å². The van der Waals surface area contributed by atoms with Crippen LogP contribution in [0.5, 0.6) is 0 Å². The Hall–Kier alpha value is 0.620. The fourth-order valence-corrected chi connectivity index (χ4v) is 2.95. The number of hydrogen-bond donors (Lipinski definition) is 2. The highest BCUT2D eigenvalue weighted by Crippen LogP contribution is 2.35. The summed E-state index contributed by atoms with van der Waals surface area (Å²) < 4.78 is 0.213. The monoisotopic (exact) mass is 152 g/mol. The van der Waals surface area contributed by atoms with Crippen LogP contribution in [0.2, 0.25) is 0 Å². The van der Waals surface area contributed by atoms with Crippen LogP contribution < -0.4 is 0 Å². The van der Waals surface area contributed by atoms with Gasteiger partial charge in [-0.15, -0.1) is 23.5 Å².